The van der Waals surface area contributed by atoms with Crippen LogP contribution < -0.4 is 0 Å². The molecule has 1 heterocycles. The van der Waals surface area contributed by atoms with Crippen molar-refractivity contribution in [2.24, 2.45) is 0 Å². The first kappa shape index (κ1) is 19.4. The number of carbonyl (C=O) groups excluding carboxylic acids is 3. The SMILES string of the molecule is C/C=C/C=C/C(=O)O[C@@H](C)C(=O)c1[nH]c(C)c(C(=O)OCC)c1C. The molecule has 24 heavy (non-hydrogen) atoms. The Hall–Kier alpha value is -2.63. The topological polar surface area (TPSA) is 85.5 Å². The molecule has 1 N–H and O–H groups in total. The van der Waals surface area contributed by atoms with Gasteiger partial charge in [-0.25, -0.2) is 9.59 Å². The van der Waals surface area contributed by atoms with Crippen molar-refractivity contribution in [3.8, 4) is 0 Å². The summed E-state index contributed by atoms with van der Waals surface area (Å²) in [4.78, 5) is 39.0. The molecular formula is C18H23NO5. The van der Waals surface area contributed by atoms with Gasteiger partial charge in [-0.15, -0.1) is 0 Å². The smallest absolute Gasteiger partial charge is 0.340 e. The summed E-state index contributed by atoms with van der Waals surface area (Å²) < 4.78 is 10.1. The van der Waals surface area contributed by atoms with E-state index in [0.717, 1.165) is 0 Å². The van der Waals surface area contributed by atoms with Gasteiger partial charge in [0.05, 0.1) is 17.9 Å². The molecule has 6 nitrogen and oxygen atoms in total. The first-order valence-corrected chi connectivity index (χ1v) is 7.73. The predicted molar refractivity (Wildman–Crippen MR) is 90.1 cm³/mol. The Kier molecular flexibility index (Phi) is 7.17. The van der Waals surface area contributed by atoms with Crippen molar-refractivity contribution in [1.82, 2.24) is 4.98 Å². The van der Waals surface area contributed by atoms with Crippen LogP contribution in [0.4, 0.5) is 0 Å². The number of Topliss-reactive ketones (excluding diaryl/α,β-unsaturated/α-hetero) is 1. The normalized spacial score (nSPS) is 12.5. The lowest BCUT2D eigenvalue weighted by molar-refractivity contribution is -0.140. The number of hydrogen-bond donors (Lipinski definition) is 1. The molecule has 1 atom stereocenters. The van der Waals surface area contributed by atoms with Gasteiger partial charge in [0.1, 0.15) is 0 Å². The van der Waals surface area contributed by atoms with Gasteiger partial charge in [-0.1, -0.05) is 18.2 Å². The number of esters is 2. The lowest BCUT2D eigenvalue weighted by Crippen LogP contribution is -2.24. The van der Waals surface area contributed by atoms with Crippen LogP contribution in [0.1, 0.15) is 52.9 Å². The van der Waals surface area contributed by atoms with E-state index in [2.05, 4.69) is 4.98 Å². The Morgan fingerprint density at radius 2 is 1.88 bits per heavy atom. The highest BCUT2D eigenvalue weighted by Crippen LogP contribution is 2.21. The van der Waals surface area contributed by atoms with Gasteiger partial charge in [0.2, 0.25) is 5.78 Å². The number of rotatable bonds is 7. The van der Waals surface area contributed by atoms with E-state index in [1.54, 1.807) is 32.9 Å². The van der Waals surface area contributed by atoms with E-state index in [1.807, 2.05) is 6.92 Å². The molecule has 1 aromatic heterocycles. The minimum Gasteiger partial charge on any atom is -0.462 e. The van der Waals surface area contributed by atoms with E-state index in [9.17, 15) is 14.4 Å². The second-order valence-corrected chi connectivity index (χ2v) is 5.17. The second-order valence-electron chi connectivity index (χ2n) is 5.17. The predicted octanol–water partition coefficient (Wildman–Crippen LogP) is 3.05. The van der Waals surface area contributed by atoms with Crippen LogP contribution in [0.2, 0.25) is 0 Å². The third-order valence-electron chi connectivity index (χ3n) is 3.36. The second kappa shape index (κ2) is 8.86. The average Bonchev–Trinajstić information content (AvgIpc) is 2.81. The zero-order chi connectivity index (χ0) is 18.3. The number of ketones is 1. The molecule has 6 heteroatoms. The summed E-state index contributed by atoms with van der Waals surface area (Å²) in [5, 5.41) is 0. The molecule has 0 aliphatic heterocycles. The molecule has 1 rings (SSSR count). The number of carbonyl (C=O) groups is 3. The zero-order valence-corrected chi connectivity index (χ0v) is 14.6. The van der Waals surface area contributed by atoms with Gasteiger partial charge < -0.3 is 14.5 Å². The van der Waals surface area contributed by atoms with Crippen LogP contribution in [0.15, 0.2) is 24.3 Å². The Morgan fingerprint density at radius 3 is 2.46 bits per heavy atom. The van der Waals surface area contributed by atoms with Crippen molar-refractivity contribution in [2.75, 3.05) is 6.61 Å². The third-order valence-corrected chi connectivity index (χ3v) is 3.36. The van der Waals surface area contributed by atoms with E-state index >= 15 is 0 Å². The van der Waals surface area contributed by atoms with E-state index < -0.39 is 23.8 Å². The molecule has 0 radical (unpaired) electrons. The molecule has 0 fully saturated rings. The molecule has 0 aromatic carbocycles. The molecule has 0 aliphatic carbocycles. The first-order chi connectivity index (χ1) is 11.3. The van der Waals surface area contributed by atoms with Crippen LogP contribution in [0.5, 0.6) is 0 Å². The number of allylic oxidation sites excluding steroid dienone is 3. The summed E-state index contributed by atoms with van der Waals surface area (Å²) in [6.07, 6.45) is 5.24. The summed E-state index contributed by atoms with van der Waals surface area (Å²) in [5.74, 6) is -1.50. The van der Waals surface area contributed by atoms with Crippen molar-refractivity contribution in [3.63, 3.8) is 0 Å². The molecule has 0 saturated carbocycles. The largest absolute Gasteiger partial charge is 0.462 e. The van der Waals surface area contributed by atoms with E-state index in [-0.39, 0.29) is 12.3 Å². The fourth-order valence-corrected chi connectivity index (χ4v) is 2.22. The maximum absolute atomic E-state index is 12.5. The van der Waals surface area contributed by atoms with E-state index in [0.29, 0.717) is 16.8 Å². The summed E-state index contributed by atoms with van der Waals surface area (Å²) in [5.41, 5.74) is 1.61. The fourth-order valence-electron chi connectivity index (χ4n) is 2.22. The Balaban J connectivity index is 2.93. The van der Waals surface area contributed by atoms with Gasteiger partial charge in [-0.3, -0.25) is 4.79 Å². The van der Waals surface area contributed by atoms with E-state index in [4.69, 9.17) is 9.47 Å². The van der Waals surface area contributed by atoms with Crippen molar-refractivity contribution in [2.45, 2.75) is 40.7 Å². The molecular weight excluding hydrogens is 310 g/mol. The summed E-state index contributed by atoms with van der Waals surface area (Å²) >= 11 is 0. The first-order valence-electron chi connectivity index (χ1n) is 7.73. The van der Waals surface area contributed by atoms with Gasteiger partial charge in [-0.05, 0) is 40.2 Å². The quantitative estimate of drug-likeness (QED) is 0.359. The number of H-pyrrole nitrogens is 1. The number of aromatic amines is 1. The number of aromatic nitrogens is 1. The summed E-state index contributed by atoms with van der Waals surface area (Å²) in [6, 6.07) is 0. The third kappa shape index (κ3) is 4.68. The Labute approximate surface area is 141 Å². The molecule has 1 aromatic rings. The number of ether oxygens (including phenoxy) is 2. The molecule has 130 valence electrons. The minimum atomic E-state index is -0.973. The van der Waals surface area contributed by atoms with Crippen molar-refractivity contribution in [1.29, 1.82) is 0 Å². The van der Waals surface area contributed by atoms with Crippen LogP contribution in [-0.2, 0) is 14.3 Å². The van der Waals surface area contributed by atoms with Gasteiger partial charge in [-0.2, -0.15) is 0 Å². The Morgan fingerprint density at radius 1 is 1.21 bits per heavy atom. The Bertz CT molecular complexity index is 682. The average molecular weight is 333 g/mol. The molecule has 0 bridgehead atoms. The lowest BCUT2D eigenvalue weighted by Gasteiger charge is -2.10. The zero-order valence-electron chi connectivity index (χ0n) is 14.6. The lowest BCUT2D eigenvalue weighted by atomic mass is 10.1. The van der Waals surface area contributed by atoms with Gasteiger partial charge in [0, 0.05) is 11.8 Å². The van der Waals surface area contributed by atoms with Crippen LogP contribution in [0.3, 0.4) is 0 Å². The van der Waals surface area contributed by atoms with Crippen molar-refractivity contribution < 1.29 is 23.9 Å². The van der Waals surface area contributed by atoms with Gasteiger partial charge in [0.25, 0.3) is 0 Å². The highest BCUT2D eigenvalue weighted by atomic mass is 16.5. The highest BCUT2D eigenvalue weighted by Gasteiger charge is 2.27. The molecule has 0 saturated heterocycles. The van der Waals surface area contributed by atoms with Crippen LogP contribution in [-0.4, -0.2) is 35.4 Å². The summed E-state index contributed by atoms with van der Waals surface area (Å²) in [7, 11) is 0. The van der Waals surface area contributed by atoms with Crippen molar-refractivity contribution in [3.05, 3.63) is 46.8 Å². The van der Waals surface area contributed by atoms with Gasteiger partial charge >= 0.3 is 11.9 Å². The standard InChI is InChI=1S/C18H23NO5/c1-6-8-9-10-14(20)24-13(5)17(21)16-11(3)15(12(4)19-16)18(22)23-7-2/h6,8-10,13,19H,7H2,1-5H3/b8-6+,10-9+/t13-/m0/s1. The van der Waals surface area contributed by atoms with Crippen molar-refractivity contribution >= 4 is 17.7 Å². The van der Waals surface area contributed by atoms with E-state index in [1.165, 1.54) is 19.1 Å². The van der Waals surface area contributed by atoms with Crippen LogP contribution in [0.25, 0.3) is 0 Å². The number of hydrogen-bond acceptors (Lipinski definition) is 5. The molecule has 0 unspecified atom stereocenters. The minimum absolute atomic E-state index is 0.244. The van der Waals surface area contributed by atoms with Crippen LogP contribution >= 0.6 is 0 Å². The fraction of sp³-hybridized carbons (Fsp3) is 0.389. The molecule has 0 spiro atoms. The maximum Gasteiger partial charge on any atom is 0.340 e. The summed E-state index contributed by atoms with van der Waals surface area (Å²) in [6.45, 7) is 8.61. The number of aryl methyl sites for hydroxylation is 1. The molecule has 0 amide bonds. The monoisotopic (exact) mass is 333 g/mol. The number of nitrogens with one attached hydrogen (secondary N) is 1. The molecule has 0 aliphatic rings. The van der Waals surface area contributed by atoms with Gasteiger partial charge in [0.15, 0.2) is 6.10 Å². The maximum atomic E-state index is 12.5. The van der Waals surface area contributed by atoms with Crippen LogP contribution in [0, 0.1) is 13.8 Å². The highest BCUT2D eigenvalue weighted by molar-refractivity contribution is 6.04.